The van der Waals surface area contributed by atoms with Gasteiger partial charge in [-0.1, -0.05) is 19.4 Å². The average molecular weight is 439 g/mol. The highest BCUT2D eigenvalue weighted by Crippen LogP contribution is 2.23. The second-order valence-electron chi connectivity index (χ2n) is 6.32. The lowest BCUT2D eigenvalue weighted by Gasteiger charge is -2.18. The number of benzene rings is 1. The van der Waals surface area contributed by atoms with Gasteiger partial charge >= 0.3 is 0 Å². The Morgan fingerprint density at radius 2 is 1.97 bits per heavy atom. The predicted molar refractivity (Wildman–Crippen MR) is 109 cm³/mol. The number of hydrogen-bond acceptors (Lipinski definition) is 6. The molecular formula is C19H20F2N4O2S2. The summed E-state index contributed by atoms with van der Waals surface area (Å²) in [5.74, 6) is -2.30. The fourth-order valence-electron chi connectivity index (χ4n) is 2.68. The fraction of sp³-hybridized carbons (Fsp3) is 0.263. The van der Waals surface area contributed by atoms with Gasteiger partial charge in [0, 0.05) is 24.2 Å². The monoisotopic (exact) mass is 438 g/mol. The molecule has 0 saturated heterocycles. The molecular weight excluding hydrogens is 418 g/mol. The van der Waals surface area contributed by atoms with Gasteiger partial charge in [0.1, 0.15) is 5.69 Å². The predicted octanol–water partition coefficient (Wildman–Crippen LogP) is 4.04. The van der Waals surface area contributed by atoms with Crippen LogP contribution in [0, 0.1) is 11.6 Å². The summed E-state index contributed by atoms with van der Waals surface area (Å²) in [4.78, 5) is 8.40. The molecule has 1 unspecified atom stereocenters. The average Bonchev–Trinajstić information content (AvgIpc) is 3.18. The van der Waals surface area contributed by atoms with E-state index in [1.165, 1.54) is 11.3 Å². The summed E-state index contributed by atoms with van der Waals surface area (Å²) >= 11 is 1.39. The van der Waals surface area contributed by atoms with E-state index in [1.807, 2.05) is 30.5 Å². The van der Waals surface area contributed by atoms with Crippen molar-refractivity contribution in [3.05, 3.63) is 59.6 Å². The van der Waals surface area contributed by atoms with Crippen molar-refractivity contribution in [2.75, 3.05) is 11.9 Å². The van der Waals surface area contributed by atoms with Crippen LogP contribution in [0.4, 0.5) is 13.9 Å². The van der Waals surface area contributed by atoms with Gasteiger partial charge in [-0.15, -0.1) is 11.3 Å². The van der Waals surface area contributed by atoms with Crippen molar-refractivity contribution in [1.82, 2.24) is 14.7 Å². The van der Waals surface area contributed by atoms with E-state index in [0.29, 0.717) is 24.2 Å². The van der Waals surface area contributed by atoms with Crippen molar-refractivity contribution in [2.45, 2.75) is 30.7 Å². The Hall–Kier alpha value is -2.43. The summed E-state index contributed by atoms with van der Waals surface area (Å²) in [6.45, 7) is 2.23. The first kappa shape index (κ1) is 21.3. The zero-order valence-electron chi connectivity index (χ0n) is 15.6. The molecule has 10 heteroatoms. The summed E-state index contributed by atoms with van der Waals surface area (Å²) in [5.41, 5.74) is 1.48. The van der Waals surface area contributed by atoms with Crippen LogP contribution in [0.25, 0.3) is 11.4 Å². The maximum absolute atomic E-state index is 13.4. The number of aromatic nitrogens is 2. The van der Waals surface area contributed by atoms with Gasteiger partial charge in [0.2, 0.25) is 10.0 Å². The molecule has 2 N–H and O–H groups in total. The van der Waals surface area contributed by atoms with E-state index in [2.05, 4.69) is 20.0 Å². The molecule has 0 aliphatic heterocycles. The maximum atomic E-state index is 13.4. The molecule has 0 spiro atoms. The van der Waals surface area contributed by atoms with Crippen molar-refractivity contribution in [1.29, 1.82) is 0 Å². The van der Waals surface area contributed by atoms with E-state index >= 15 is 0 Å². The standard InChI is InChI=1S/C19H20F2N4O2S2/c1-2-5-13(25-29(26,27)14-7-8-15(20)16(21)10-14)11-23-19-24-18(12-28-19)17-6-3-4-9-22-17/h3-4,6-10,12-13,25H,2,5,11H2,1H3,(H,23,24). The third-order valence-electron chi connectivity index (χ3n) is 4.09. The lowest BCUT2D eigenvalue weighted by atomic mass is 10.2. The molecule has 3 rings (SSSR count). The number of rotatable bonds is 9. The van der Waals surface area contributed by atoms with Gasteiger partial charge < -0.3 is 5.32 Å². The van der Waals surface area contributed by atoms with Crippen LogP contribution in [-0.2, 0) is 10.0 Å². The third-order valence-corrected chi connectivity index (χ3v) is 6.41. The van der Waals surface area contributed by atoms with E-state index in [0.717, 1.165) is 29.9 Å². The number of pyridine rings is 1. The van der Waals surface area contributed by atoms with Gasteiger partial charge in [-0.2, -0.15) is 0 Å². The fourth-order valence-corrected chi connectivity index (χ4v) is 4.68. The summed E-state index contributed by atoms with van der Waals surface area (Å²) in [6, 6.07) is 7.62. The van der Waals surface area contributed by atoms with Crippen LogP contribution in [0.3, 0.4) is 0 Å². The van der Waals surface area contributed by atoms with E-state index < -0.39 is 27.7 Å². The first-order chi connectivity index (χ1) is 13.9. The SMILES string of the molecule is CCCC(CNc1nc(-c2ccccn2)cs1)NS(=O)(=O)c1ccc(F)c(F)c1. The Balaban J connectivity index is 1.67. The van der Waals surface area contributed by atoms with Gasteiger partial charge in [0.25, 0.3) is 0 Å². The molecule has 0 bridgehead atoms. The Kier molecular flexibility index (Phi) is 6.88. The number of sulfonamides is 1. The summed E-state index contributed by atoms with van der Waals surface area (Å²) in [6.07, 6.45) is 2.99. The van der Waals surface area contributed by atoms with Crippen LogP contribution in [0.15, 0.2) is 52.9 Å². The second kappa shape index (κ2) is 9.38. The van der Waals surface area contributed by atoms with Gasteiger partial charge in [0.15, 0.2) is 16.8 Å². The van der Waals surface area contributed by atoms with Crippen molar-refractivity contribution < 1.29 is 17.2 Å². The van der Waals surface area contributed by atoms with Crippen molar-refractivity contribution in [2.24, 2.45) is 0 Å². The maximum Gasteiger partial charge on any atom is 0.240 e. The number of thiazole rings is 1. The lowest BCUT2D eigenvalue weighted by Crippen LogP contribution is -2.39. The molecule has 6 nitrogen and oxygen atoms in total. The van der Waals surface area contributed by atoms with Crippen molar-refractivity contribution in [3.8, 4) is 11.4 Å². The minimum atomic E-state index is -3.99. The Labute approximate surface area is 172 Å². The zero-order chi connectivity index (χ0) is 20.9. The van der Waals surface area contributed by atoms with Crippen LogP contribution in [-0.4, -0.2) is 31.0 Å². The van der Waals surface area contributed by atoms with E-state index in [-0.39, 0.29) is 4.90 Å². The summed E-state index contributed by atoms with van der Waals surface area (Å²) < 4.78 is 54.1. The topological polar surface area (TPSA) is 84.0 Å². The highest BCUT2D eigenvalue weighted by molar-refractivity contribution is 7.89. The molecule has 1 atom stereocenters. The molecule has 2 aromatic heterocycles. The third kappa shape index (κ3) is 5.55. The zero-order valence-corrected chi connectivity index (χ0v) is 17.2. The van der Waals surface area contributed by atoms with Crippen molar-refractivity contribution >= 4 is 26.5 Å². The number of anilines is 1. The normalized spacial score (nSPS) is 12.7. The first-order valence-corrected chi connectivity index (χ1v) is 11.3. The Morgan fingerprint density at radius 1 is 1.14 bits per heavy atom. The molecule has 154 valence electrons. The number of nitrogens with one attached hydrogen (secondary N) is 2. The number of nitrogens with zero attached hydrogens (tertiary/aromatic N) is 2. The highest BCUT2D eigenvalue weighted by atomic mass is 32.2. The molecule has 0 aliphatic carbocycles. The van der Waals surface area contributed by atoms with Crippen LogP contribution in [0.1, 0.15) is 19.8 Å². The second-order valence-corrected chi connectivity index (χ2v) is 8.89. The molecule has 0 aliphatic rings. The van der Waals surface area contributed by atoms with Gasteiger partial charge in [-0.25, -0.2) is 26.9 Å². The van der Waals surface area contributed by atoms with Crippen molar-refractivity contribution in [3.63, 3.8) is 0 Å². The lowest BCUT2D eigenvalue weighted by molar-refractivity contribution is 0.502. The number of hydrogen-bond donors (Lipinski definition) is 2. The molecule has 0 saturated carbocycles. The molecule has 1 aromatic carbocycles. The smallest absolute Gasteiger partial charge is 0.240 e. The molecule has 0 fully saturated rings. The minimum Gasteiger partial charge on any atom is -0.360 e. The molecule has 0 radical (unpaired) electrons. The van der Waals surface area contributed by atoms with Gasteiger partial charge in [-0.05, 0) is 36.8 Å². The first-order valence-electron chi connectivity index (χ1n) is 8.97. The van der Waals surface area contributed by atoms with Crippen LogP contribution in [0.5, 0.6) is 0 Å². The van der Waals surface area contributed by atoms with E-state index in [9.17, 15) is 17.2 Å². The molecule has 0 amide bonds. The Morgan fingerprint density at radius 3 is 2.66 bits per heavy atom. The van der Waals surface area contributed by atoms with Crippen LogP contribution in [0.2, 0.25) is 0 Å². The van der Waals surface area contributed by atoms with Crippen LogP contribution >= 0.6 is 11.3 Å². The van der Waals surface area contributed by atoms with E-state index in [1.54, 1.807) is 6.20 Å². The molecule has 3 aromatic rings. The highest BCUT2D eigenvalue weighted by Gasteiger charge is 2.21. The summed E-state index contributed by atoms with van der Waals surface area (Å²) in [7, 11) is -3.99. The quantitative estimate of drug-likeness (QED) is 0.527. The van der Waals surface area contributed by atoms with Gasteiger partial charge in [-0.3, -0.25) is 4.98 Å². The van der Waals surface area contributed by atoms with Gasteiger partial charge in [0.05, 0.1) is 10.6 Å². The van der Waals surface area contributed by atoms with Crippen LogP contribution < -0.4 is 10.0 Å². The number of halogens is 2. The molecule has 2 heterocycles. The van der Waals surface area contributed by atoms with E-state index in [4.69, 9.17) is 0 Å². The minimum absolute atomic E-state index is 0.298. The Bertz CT molecular complexity index is 1060. The largest absolute Gasteiger partial charge is 0.360 e. The molecule has 29 heavy (non-hydrogen) atoms. The summed E-state index contributed by atoms with van der Waals surface area (Å²) in [5, 5.41) is 5.64.